The highest BCUT2D eigenvalue weighted by molar-refractivity contribution is 6.17. The fraction of sp³-hybridized carbons (Fsp3) is 0.0182. The van der Waals surface area contributed by atoms with E-state index in [1.165, 1.54) is 60.8 Å². The number of aromatic nitrogens is 1. The van der Waals surface area contributed by atoms with E-state index in [4.69, 9.17) is 0 Å². The second-order valence-electron chi connectivity index (χ2n) is 14.6. The molecule has 0 N–H and O–H groups in total. The van der Waals surface area contributed by atoms with Gasteiger partial charge in [-0.3, -0.25) is 0 Å². The van der Waals surface area contributed by atoms with Crippen molar-refractivity contribution in [3.05, 3.63) is 230 Å². The van der Waals surface area contributed by atoms with Crippen molar-refractivity contribution in [2.75, 3.05) is 4.90 Å². The van der Waals surface area contributed by atoms with Crippen LogP contribution in [-0.2, 0) is 0 Å². The Labute approximate surface area is 334 Å². The maximum absolute atomic E-state index is 2.48. The molecule has 0 radical (unpaired) electrons. The van der Waals surface area contributed by atoms with Crippen LogP contribution in [0.4, 0.5) is 17.1 Å². The summed E-state index contributed by atoms with van der Waals surface area (Å²) in [6, 6.07) is 81.3. The van der Waals surface area contributed by atoms with Crippen LogP contribution in [0.2, 0.25) is 0 Å². The highest BCUT2D eigenvalue weighted by Gasteiger charge is 2.23. The average Bonchev–Trinajstić information content (AvgIpc) is 3.63. The fourth-order valence-electron chi connectivity index (χ4n) is 8.24. The van der Waals surface area contributed by atoms with E-state index in [9.17, 15) is 0 Å². The zero-order valence-electron chi connectivity index (χ0n) is 31.8. The molecule has 0 bridgehead atoms. The largest absolute Gasteiger partial charge is 0.310 e. The Balaban J connectivity index is 1.22. The molecule has 1 heterocycles. The molecule has 2 nitrogen and oxygen atoms in total. The first-order valence-corrected chi connectivity index (χ1v) is 19.6. The molecule has 10 aromatic rings. The molecular formula is C55H40N2. The quantitative estimate of drug-likeness (QED) is 0.151. The highest BCUT2D eigenvalue weighted by atomic mass is 15.1. The van der Waals surface area contributed by atoms with Gasteiger partial charge in [-0.2, -0.15) is 0 Å². The van der Waals surface area contributed by atoms with Gasteiger partial charge in [-0.05, 0) is 94.4 Å². The van der Waals surface area contributed by atoms with Gasteiger partial charge >= 0.3 is 0 Å². The summed E-state index contributed by atoms with van der Waals surface area (Å²) in [4.78, 5) is 2.42. The van der Waals surface area contributed by atoms with Gasteiger partial charge in [-0.1, -0.05) is 181 Å². The Bertz CT molecular complexity index is 2880. The smallest absolute Gasteiger partial charge is 0.0562 e. The summed E-state index contributed by atoms with van der Waals surface area (Å²) >= 11 is 0. The van der Waals surface area contributed by atoms with Gasteiger partial charge in [0.25, 0.3) is 0 Å². The summed E-state index contributed by atoms with van der Waals surface area (Å²) in [5.41, 5.74) is 17.6. The SMILES string of the molecule is Cc1ccc(-c2ccc(-c3ccccc3)cc2-n2c3ccccc3c3c(N(c4ccc(-c5ccccc5)cc4)c4ccc(-c5ccccc5)cc4)cccc32)cc1. The number of nitrogens with zero attached hydrogens (tertiary/aromatic N) is 2. The number of anilines is 3. The summed E-state index contributed by atoms with van der Waals surface area (Å²) in [5.74, 6) is 0. The first-order chi connectivity index (χ1) is 28.2. The van der Waals surface area contributed by atoms with E-state index in [2.05, 4.69) is 241 Å². The monoisotopic (exact) mass is 728 g/mol. The molecule has 2 heteroatoms. The Morgan fingerprint density at radius 1 is 0.351 bits per heavy atom. The van der Waals surface area contributed by atoms with Crippen molar-refractivity contribution in [3.8, 4) is 50.2 Å². The van der Waals surface area contributed by atoms with Gasteiger partial charge in [0.2, 0.25) is 0 Å². The van der Waals surface area contributed by atoms with E-state index >= 15 is 0 Å². The number of hydrogen-bond acceptors (Lipinski definition) is 1. The van der Waals surface area contributed by atoms with Crippen LogP contribution < -0.4 is 4.90 Å². The normalized spacial score (nSPS) is 11.2. The van der Waals surface area contributed by atoms with Crippen LogP contribution in [0.15, 0.2) is 224 Å². The molecule has 57 heavy (non-hydrogen) atoms. The van der Waals surface area contributed by atoms with Crippen molar-refractivity contribution in [1.82, 2.24) is 4.57 Å². The van der Waals surface area contributed by atoms with Crippen molar-refractivity contribution in [3.63, 3.8) is 0 Å². The van der Waals surface area contributed by atoms with Crippen LogP contribution in [0.1, 0.15) is 5.56 Å². The molecule has 10 rings (SSSR count). The van der Waals surface area contributed by atoms with Gasteiger partial charge in [0.15, 0.2) is 0 Å². The molecule has 0 atom stereocenters. The number of fused-ring (bicyclic) bond motifs is 3. The maximum atomic E-state index is 2.48. The third-order valence-electron chi connectivity index (χ3n) is 11.1. The first-order valence-electron chi connectivity index (χ1n) is 19.6. The Hall–Kier alpha value is -7.42. The second kappa shape index (κ2) is 14.7. The Kier molecular flexibility index (Phi) is 8.78. The molecule has 270 valence electrons. The van der Waals surface area contributed by atoms with Crippen molar-refractivity contribution in [1.29, 1.82) is 0 Å². The molecule has 0 amide bonds. The molecule has 0 fully saturated rings. The lowest BCUT2D eigenvalue weighted by atomic mass is 9.97. The lowest BCUT2D eigenvalue weighted by Crippen LogP contribution is -2.10. The van der Waals surface area contributed by atoms with E-state index in [1.54, 1.807) is 0 Å². The topological polar surface area (TPSA) is 8.17 Å². The van der Waals surface area contributed by atoms with Gasteiger partial charge in [0.05, 0.1) is 22.4 Å². The molecule has 0 aliphatic heterocycles. The minimum Gasteiger partial charge on any atom is -0.310 e. The van der Waals surface area contributed by atoms with E-state index in [0.717, 1.165) is 33.8 Å². The third-order valence-corrected chi connectivity index (χ3v) is 11.1. The molecule has 9 aromatic carbocycles. The molecule has 0 aliphatic carbocycles. The summed E-state index contributed by atoms with van der Waals surface area (Å²) in [7, 11) is 0. The maximum Gasteiger partial charge on any atom is 0.0562 e. The number of para-hydroxylation sites is 1. The Morgan fingerprint density at radius 3 is 1.39 bits per heavy atom. The van der Waals surface area contributed by atoms with Gasteiger partial charge in [-0.15, -0.1) is 0 Å². The van der Waals surface area contributed by atoms with Gasteiger partial charge in [-0.25, -0.2) is 0 Å². The first kappa shape index (κ1) is 34.1. The number of benzene rings is 9. The van der Waals surface area contributed by atoms with E-state index < -0.39 is 0 Å². The summed E-state index contributed by atoms with van der Waals surface area (Å²) in [6.45, 7) is 2.15. The standard InChI is InChI=1S/C55H40N2/c1-39-24-26-45(27-25-39)49-37-32-46(42-18-9-4-10-19-42)38-54(49)57-51-21-12-11-20-50(51)55-52(22-13-23-53(55)57)56(47-33-28-43(29-34-47)40-14-5-2-6-15-40)48-35-30-44(31-36-48)41-16-7-3-8-17-41/h2-38H,1H3. The lowest BCUT2D eigenvalue weighted by Gasteiger charge is -2.27. The van der Waals surface area contributed by atoms with Crippen molar-refractivity contribution >= 4 is 38.9 Å². The van der Waals surface area contributed by atoms with Gasteiger partial charge < -0.3 is 9.47 Å². The molecule has 0 saturated carbocycles. The van der Waals surface area contributed by atoms with Gasteiger partial charge in [0, 0.05) is 27.7 Å². The summed E-state index contributed by atoms with van der Waals surface area (Å²) < 4.78 is 2.48. The average molecular weight is 729 g/mol. The molecule has 0 saturated heterocycles. The van der Waals surface area contributed by atoms with Crippen molar-refractivity contribution in [2.24, 2.45) is 0 Å². The van der Waals surface area contributed by atoms with Gasteiger partial charge in [0.1, 0.15) is 0 Å². The summed E-state index contributed by atoms with van der Waals surface area (Å²) in [6.07, 6.45) is 0. The number of aryl methyl sites for hydroxylation is 1. The zero-order chi connectivity index (χ0) is 38.1. The number of hydrogen-bond donors (Lipinski definition) is 0. The van der Waals surface area contributed by atoms with Crippen LogP contribution in [0, 0.1) is 6.92 Å². The van der Waals surface area contributed by atoms with Crippen molar-refractivity contribution in [2.45, 2.75) is 6.92 Å². The second-order valence-corrected chi connectivity index (χ2v) is 14.6. The summed E-state index contributed by atoms with van der Waals surface area (Å²) in [5, 5.41) is 2.40. The molecular weight excluding hydrogens is 689 g/mol. The van der Waals surface area contributed by atoms with E-state index in [-0.39, 0.29) is 0 Å². The van der Waals surface area contributed by atoms with Crippen LogP contribution in [-0.4, -0.2) is 4.57 Å². The third kappa shape index (κ3) is 6.38. The van der Waals surface area contributed by atoms with E-state index in [1.807, 2.05) is 0 Å². The highest BCUT2D eigenvalue weighted by Crippen LogP contribution is 2.46. The lowest BCUT2D eigenvalue weighted by molar-refractivity contribution is 1.18. The molecule has 0 unspecified atom stereocenters. The molecule has 1 aromatic heterocycles. The number of rotatable bonds is 8. The minimum atomic E-state index is 1.10. The van der Waals surface area contributed by atoms with Crippen molar-refractivity contribution < 1.29 is 0 Å². The fourth-order valence-corrected chi connectivity index (χ4v) is 8.24. The van der Waals surface area contributed by atoms with E-state index in [0.29, 0.717) is 0 Å². The van der Waals surface area contributed by atoms with Crippen LogP contribution in [0.3, 0.4) is 0 Å². The zero-order valence-corrected chi connectivity index (χ0v) is 31.8. The van der Waals surface area contributed by atoms with Crippen LogP contribution in [0.25, 0.3) is 72.0 Å². The minimum absolute atomic E-state index is 1.10. The predicted octanol–water partition coefficient (Wildman–Crippen LogP) is 15.2. The predicted molar refractivity (Wildman–Crippen MR) is 242 cm³/mol. The molecule has 0 spiro atoms. The van der Waals surface area contributed by atoms with Crippen LogP contribution >= 0.6 is 0 Å². The molecule has 0 aliphatic rings. The van der Waals surface area contributed by atoms with Crippen LogP contribution in [0.5, 0.6) is 0 Å². The Morgan fingerprint density at radius 2 is 0.807 bits per heavy atom.